The lowest BCUT2D eigenvalue weighted by atomic mass is 10.0. The summed E-state index contributed by atoms with van der Waals surface area (Å²) in [5.74, 6) is 0.834. The van der Waals surface area contributed by atoms with Crippen molar-refractivity contribution in [3.8, 4) is 0 Å². The zero-order chi connectivity index (χ0) is 13.8. The van der Waals surface area contributed by atoms with Gasteiger partial charge >= 0.3 is 5.97 Å². The molecule has 0 bridgehead atoms. The SMILES string of the molecule is COC(=O)c1cnc(C)nc1NC1CCCC1CO. The first-order valence-electron chi connectivity index (χ1n) is 6.45. The van der Waals surface area contributed by atoms with Gasteiger partial charge in [0.1, 0.15) is 17.2 Å². The van der Waals surface area contributed by atoms with Gasteiger partial charge in [-0.2, -0.15) is 0 Å². The van der Waals surface area contributed by atoms with Gasteiger partial charge in [-0.3, -0.25) is 0 Å². The molecule has 2 atom stereocenters. The minimum Gasteiger partial charge on any atom is -0.465 e. The molecule has 2 N–H and O–H groups in total. The van der Waals surface area contributed by atoms with Crippen molar-refractivity contribution in [2.45, 2.75) is 32.2 Å². The Morgan fingerprint density at radius 2 is 2.37 bits per heavy atom. The van der Waals surface area contributed by atoms with E-state index >= 15 is 0 Å². The highest BCUT2D eigenvalue weighted by Gasteiger charge is 2.28. The lowest BCUT2D eigenvalue weighted by Crippen LogP contribution is -2.28. The largest absolute Gasteiger partial charge is 0.465 e. The molecule has 19 heavy (non-hydrogen) atoms. The fourth-order valence-electron chi connectivity index (χ4n) is 2.46. The average molecular weight is 265 g/mol. The van der Waals surface area contributed by atoms with Crippen molar-refractivity contribution < 1.29 is 14.6 Å². The van der Waals surface area contributed by atoms with Crippen LogP contribution in [0, 0.1) is 12.8 Å². The van der Waals surface area contributed by atoms with Gasteiger partial charge in [-0.1, -0.05) is 6.42 Å². The number of methoxy groups -OCH3 is 1. The number of aliphatic hydroxyl groups excluding tert-OH is 1. The van der Waals surface area contributed by atoms with Crippen molar-refractivity contribution in [1.82, 2.24) is 9.97 Å². The minimum atomic E-state index is -0.457. The first-order chi connectivity index (χ1) is 9.15. The van der Waals surface area contributed by atoms with Gasteiger partial charge in [0.05, 0.1) is 7.11 Å². The number of anilines is 1. The van der Waals surface area contributed by atoms with Crippen molar-refractivity contribution in [1.29, 1.82) is 0 Å². The molecule has 1 saturated carbocycles. The molecule has 0 aliphatic heterocycles. The summed E-state index contributed by atoms with van der Waals surface area (Å²) in [4.78, 5) is 20.0. The molecule has 0 amide bonds. The Bertz CT molecular complexity index is 464. The quantitative estimate of drug-likeness (QED) is 0.794. The third kappa shape index (κ3) is 3.01. The van der Waals surface area contributed by atoms with Crippen molar-refractivity contribution in [2.75, 3.05) is 19.0 Å². The molecule has 1 aliphatic carbocycles. The molecular formula is C13H19N3O3. The number of nitrogens with one attached hydrogen (secondary N) is 1. The summed E-state index contributed by atoms with van der Waals surface area (Å²) in [6, 6.07) is 0.141. The van der Waals surface area contributed by atoms with Crippen LogP contribution in [0.3, 0.4) is 0 Å². The standard InChI is InChI=1S/C13H19N3O3/c1-8-14-6-10(13(18)19-2)12(15-8)16-11-5-3-4-9(11)7-17/h6,9,11,17H,3-5,7H2,1-2H3,(H,14,15,16). The van der Waals surface area contributed by atoms with Gasteiger partial charge in [0, 0.05) is 24.8 Å². The van der Waals surface area contributed by atoms with Gasteiger partial charge in [0.25, 0.3) is 0 Å². The lowest BCUT2D eigenvalue weighted by molar-refractivity contribution is 0.0601. The summed E-state index contributed by atoms with van der Waals surface area (Å²) in [5, 5.41) is 12.6. The van der Waals surface area contributed by atoms with E-state index < -0.39 is 5.97 Å². The molecule has 2 rings (SSSR count). The number of carbonyl (C=O) groups excluding carboxylic acids is 1. The monoisotopic (exact) mass is 265 g/mol. The van der Waals surface area contributed by atoms with E-state index in [9.17, 15) is 9.90 Å². The molecule has 1 aromatic heterocycles. The number of aliphatic hydroxyl groups is 1. The Hall–Kier alpha value is -1.69. The van der Waals surface area contributed by atoms with Gasteiger partial charge in [0.15, 0.2) is 0 Å². The van der Waals surface area contributed by atoms with Crippen molar-refractivity contribution >= 4 is 11.8 Å². The first-order valence-corrected chi connectivity index (χ1v) is 6.45. The fourth-order valence-corrected chi connectivity index (χ4v) is 2.46. The van der Waals surface area contributed by atoms with E-state index in [4.69, 9.17) is 4.74 Å². The summed E-state index contributed by atoms with van der Waals surface area (Å²) < 4.78 is 4.73. The van der Waals surface area contributed by atoms with Crippen molar-refractivity contribution in [2.24, 2.45) is 5.92 Å². The van der Waals surface area contributed by atoms with Crippen LogP contribution < -0.4 is 5.32 Å². The van der Waals surface area contributed by atoms with Gasteiger partial charge in [-0.25, -0.2) is 14.8 Å². The van der Waals surface area contributed by atoms with Crippen LogP contribution in [0.15, 0.2) is 6.20 Å². The second-order valence-corrected chi connectivity index (χ2v) is 4.80. The van der Waals surface area contributed by atoms with Crippen LogP contribution >= 0.6 is 0 Å². The van der Waals surface area contributed by atoms with E-state index in [0.29, 0.717) is 17.2 Å². The number of aromatic nitrogens is 2. The summed E-state index contributed by atoms with van der Waals surface area (Å²) in [7, 11) is 1.33. The lowest BCUT2D eigenvalue weighted by Gasteiger charge is -2.20. The number of carbonyl (C=O) groups is 1. The third-order valence-electron chi connectivity index (χ3n) is 3.53. The maximum absolute atomic E-state index is 11.7. The zero-order valence-corrected chi connectivity index (χ0v) is 11.2. The van der Waals surface area contributed by atoms with Crippen LogP contribution in [-0.4, -0.2) is 40.8 Å². The Morgan fingerprint density at radius 1 is 1.58 bits per heavy atom. The Morgan fingerprint density at radius 3 is 3.05 bits per heavy atom. The molecule has 0 saturated heterocycles. The molecule has 6 heteroatoms. The van der Waals surface area contributed by atoms with Crippen LogP contribution in [0.5, 0.6) is 0 Å². The fraction of sp³-hybridized carbons (Fsp3) is 0.615. The Labute approximate surface area is 112 Å². The summed E-state index contributed by atoms with van der Waals surface area (Å²) in [6.07, 6.45) is 4.50. The molecule has 6 nitrogen and oxygen atoms in total. The molecular weight excluding hydrogens is 246 g/mol. The summed E-state index contributed by atoms with van der Waals surface area (Å²) >= 11 is 0. The highest BCUT2D eigenvalue weighted by molar-refractivity contribution is 5.94. The van der Waals surface area contributed by atoms with Crippen LogP contribution in [0.4, 0.5) is 5.82 Å². The number of ether oxygens (including phenoxy) is 1. The maximum Gasteiger partial charge on any atom is 0.343 e. The molecule has 0 spiro atoms. The number of hydrogen-bond donors (Lipinski definition) is 2. The molecule has 1 aromatic rings. The molecule has 1 heterocycles. The summed E-state index contributed by atoms with van der Waals surface area (Å²) in [5.41, 5.74) is 0.330. The van der Waals surface area contributed by atoms with Crippen LogP contribution in [-0.2, 0) is 4.74 Å². The first kappa shape index (κ1) is 13.7. The van der Waals surface area contributed by atoms with Crippen molar-refractivity contribution in [3.05, 3.63) is 17.6 Å². The van der Waals surface area contributed by atoms with E-state index in [1.807, 2.05) is 0 Å². The number of rotatable bonds is 4. The molecule has 0 aromatic carbocycles. The smallest absolute Gasteiger partial charge is 0.343 e. The van der Waals surface area contributed by atoms with Crippen LogP contribution in [0.2, 0.25) is 0 Å². The molecule has 1 aliphatic rings. The molecule has 2 unspecified atom stereocenters. The molecule has 0 radical (unpaired) electrons. The van der Waals surface area contributed by atoms with Crippen LogP contribution in [0.1, 0.15) is 35.4 Å². The molecule has 104 valence electrons. The van der Waals surface area contributed by atoms with Gasteiger partial charge < -0.3 is 15.2 Å². The number of nitrogens with zero attached hydrogens (tertiary/aromatic N) is 2. The van der Waals surface area contributed by atoms with E-state index in [-0.39, 0.29) is 18.6 Å². The van der Waals surface area contributed by atoms with Gasteiger partial charge in [-0.05, 0) is 19.8 Å². The maximum atomic E-state index is 11.7. The second-order valence-electron chi connectivity index (χ2n) is 4.80. The Balaban J connectivity index is 2.23. The third-order valence-corrected chi connectivity index (χ3v) is 3.53. The normalized spacial score (nSPS) is 22.3. The van der Waals surface area contributed by atoms with E-state index in [0.717, 1.165) is 19.3 Å². The number of aryl methyl sites for hydroxylation is 1. The highest BCUT2D eigenvalue weighted by Crippen LogP contribution is 2.28. The zero-order valence-electron chi connectivity index (χ0n) is 11.2. The predicted octanol–water partition coefficient (Wildman–Crippen LogP) is 1.14. The second kappa shape index (κ2) is 5.97. The number of hydrogen-bond acceptors (Lipinski definition) is 6. The van der Waals surface area contributed by atoms with Gasteiger partial charge in [-0.15, -0.1) is 0 Å². The van der Waals surface area contributed by atoms with E-state index in [1.54, 1.807) is 6.92 Å². The molecule has 1 fully saturated rings. The number of esters is 1. The van der Waals surface area contributed by atoms with Crippen molar-refractivity contribution in [3.63, 3.8) is 0 Å². The van der Waals surface area contributed by atoms with E-state index in [2.05, 4.69) is 15.3 Å². The average Bonchev–Trinajstić information content (AvgIpc) is 2.85. The topological polar surface area (TPSA) is 84.3 Å². The van der Waals surface area contributed by atoms with Gasteiger partial charge in [0.2, 0.25) is 0 Å². The van der Waals surface area contributed by atoms with Crippen LogP contribution in [0.25, 0.3) is 0 Å². The summed E-state index contributed by atoms with van der Waals surface area (Å²) in [6.45, 7) is 1.92. The minimum absolute atomic E-state index is 0.141. The Kier molecular flexibility index (Phi) is 4.31. The highest BCUT2D eigenvalue weighted by atomic mass is 16.5. The van der Waals surface area contributed by atoms with E-state index in [1.165, 1.54) is 13.3 Å². The predicted molar refractivity (Wildman–Crippen MR) is 69.9 cm³/mol.